The molecule has 0 aliphatic heterocycles. The molecule has 0 saturated carbocycles. The number of nitrogens with two attached hydrogens (primary N) is 2. The number of aliphatic hydroxyl groups excluding tert-OH is 2. The first-order valence-corrected chi connectivity index (χ1v) is 9.39. The Hall–Kier alpha value is -3.96. The van der Waals surface area contributed by atoms with Crippen LogP contribution in [0.2, 0.25) is 0 Å². The summed E-state index contributed by atoms with van der Waals surface area (Å²) >= 11 is 0. The molecular formula is C22H18F3N3O5. The van der Waals surface area contributed by atoms with Gasteiger partial charge >= 0.3 is 6.18 Å². The largest absolute Gasteiger partial charge is 0.457 e. The Morgan fingerprint density at radius 2 is 1.67 bits per heavy atom. The van der Waals surface area contributed by atoms with Crippen LogP contribution in [0.1, 0.15) is 38.1 Å². The zero-order valence-corrected chi connectivity index (χ0v) is 16.8. The normalized spacial score (nSPS) is 12.3. The number of amides is 2. The monoisotopic (exact) mass is 461 g/mol. The van der Waals surface area contributed by atoms with Crippen LogP contribution in [0.4, 0.5) is 13.2 Å². The molecule has 0 fully saturated rings. The molecule has 1 atom stereocenters. The van der Waals surface area contributed by atoms with Gasteiger partial charge in [0.2, 0.25) is 5.91 Å². The van der Waals surface area contributed by atoms with E-state index in [1.165, 1.54) is 36.4 Å². The van der Waals surface area contributed by atoms with Crippen molar-refractivity contribution in [3.63, 3.8) is 0 Å². The second-order valence-corrected chi connectivity index (χ2v) is 6.93. The van der Waals surface area contributed by atoms with Gasteiger partial charge in [0.05, 0.1) is 17.9 Å². The molecular weight excluding hydrogens is 443 g/mol. The van der Waals surface area contributed by atoms with Crippen molar-refractivity contribution in [2.75, 3.05) is 6.61 Å². The predicted molar refractivity (Wildman–Crippen MR) is 110 cm³/mol. The molecule has 2 aromatic carbocycles. The van der Waals surface area contributed by atoms with E-state index in [1.807, 2.05) is 0 Å². The van der Waals surface area contributed by atoms with E-state index in [9.17, 15) is 33.0 Å². The third-order valence-corrected chi connectivity index (χ3v) is 4.61. The van der Waals surface area contributed by atoms with E-state index >= 15 is 0 Å². The van der Waals surface area contributed by atoms with Gasteiger partial charge in [0.1, 0.15) is 23.3 Å². The van der Waals surface area contributed by atoms with Gasteiger partial charge in [0.25, 0.3) is 5.91 Å². The molecule has 11 heteroatoms. The zero-order chi connectivity index (χ0) is 24.3. The number of hydrogen-bond acceptors (Lipinski definition) is 6. The average molecular weight is 461 g/mol. The van der Waals surface area contributed by atoms with E-state index in [1.54, 1.807) is 0 Å². The molecule has 6 N–H and O–H groups in total. The van der Waals surface area contributed by atoms with Crippen molar-refractivity contribution >= 4 is 11.8 Å². The fourth-order valence-corrected chi connectivity index (χ4v) is 2.94. The first-order valence-electron chi connectivity index (χ1n) is 9.39. The van der Waals surface area contributed by atoms with Crippen molar-refractivity contribution in [3.05, 3.63) is 77.0 Å². The summed E-state index contributed by atoms with van der Waals surface area (Å²) in [4.78, 5) is 26.9. The van der Waals surface area contributed by atoms with Gasteiger partial charge in [-0.15, -0.1) is 0 Å². The lowest BCUT2D eigenvalue weighted by Crippen LogP contribution is -2.15. The van der Waals surface area contributed by atoms with Crippen molar-refractivity contribution in [2.24, 2.45) is 11.5 Å². The number of ether oxygens (including phenoxy) is 1. The Kier molecular flexibility index (Phi) is 6.65. The number of nitrogens with zero attached hydrogens (tertiary/aromatic N) is 1. The highest BCUT2D eigenvalue weighted by Crippen LogP contribution is 2.39. The molecule has 8 nitrogen and oxygen atoms in total. The van der Waals surface area contributed by atoms with E-state index in [-0.39, 0.29) is 28.3 Å². The predicted octanol–water partition coefficient (Wildman–Crippen LogP) is 2.78. The molecule has 1 heterocycles. The van der Waals surface area contributed by atoms with Crippen molar-refractivity contribution < 1.29 is 37.7 Å². The highest BCUT2D eigenvalue weighted by Gasteiger charge is 2.35. The Bertz CT molecular complexity index is 1200. The Labute approximate surface area is 185 Å². The summed E-state index contributed by atoms with van der Waals surface area (Å²) in [5.41, 5.74) is 9.60. The van der Waals surface area contributed by atoms with Crippen LogP contribution in [0, 0.1) is 0 Å². The molecule has 1 aromatic heterocycles. The molecule has 0 saturated heterocycles. The third kappa shape index (κ3) is 5.45. The second kappa shape index (κ2) is 9.27. The SMILES string of the molecule is NC(=O)c1ccc(Oc2ccc(-c3cc(C(O)CO)cc(C(N)=O)n3)cc2)c(C(F)(F)F)c1. The van der Waals surface area contributed by atoms with Crippen LogP contribution in [0.5, 0.6) is 11.5 Å². The quantitative estimate of drug-likeness (QED) is 0.425. The lowest BCUT2D eigenvalue weighted by Gasteiger charge is -2.15. The van der Waals surface area contributed by atoms with Crippen LogP contribution in [0.3, 0.4) is 0 Å². The fourth-order valence-electron chi connectivity index (χ4n) is 2.94. The molecule has 0 bridgehead atoms. The van der Waals surface area contributed by atoms with Gasteiger partial charge in [-0.2, -0.15) is 13.2 Å². The number of aromatic nitrogens is 1. The first kappa shape index (κ1) is 23.7. The molecule has 0 spiro atoms. The number of rotatable bonds is 7. The topological polar surface area (TPSA) is 149 Å². The van der Waals surface area contributed by atoms with Crippen LogP contribution in [0.15, 0.2) is 54.6 Å². The maximum atomic E-state index is 13.4. The number of carbonyl (C=O) groups excluding carboxylic acids is 2. The van der Waals surface area contributed by atoms with Crippen LogP contribution in [0.25, 0.3) is 11.3 Å². The summed E-state index contributed by atoms with van der Waals surface area (Å²) in [6.07, 6.45) is -6.05. The Balaban J connectivity index is 1.94. The summed E-state index contributed by atoms with van der Waals surface area (Å²) in [6, 6.07) is 11.1. The van der Waals surface area contributed by atoms with E-state index in [2.05, 4.69) is 4.98 Å². The van der Waals surface area contributed by atoms with E-state index < -0.39 is 42.0 Å². The van der Waals surface area contributed by atoms with Crippen LogP contribution in [-0.4, -0.2) is 33.6 Å². The smallest absolute Gasteiger partial charge is 0.420 e. The average Bonchev–Trinajstić information content (AvgIpc) is 2.78. The van der Waals surface area contributed by atoms with Crippen molar-refractivity contribution in [1.29, 1.82) is 0 Å². The first-order chi connectivity index (χ1) is 15.5. The van der Waals surface area contributed by atoms with Crippen molar-refractivity contribution in [3.8, 4) is 22.8 Å². The molecule has 0 radical (unpaired) electrons. The Morgan fingerprint density at radius 3 is 2.21 bits per heavy atom. The molecule has 0 aliphatic carbocycles. The number of hydrogen-bond donors (Lipinski definition) is 4. The summed E-state index contributed by atoms with van der Waals surface area (Å²) in [6.45, 7) is -0.593. The molecule has 3 aromatic rings. The molecule has 0 aliphatic rings. The lowest BCUT2D eigenvalue weighted by molar-refractivity contribution is -0.138. The van der Waals surface area contributed by atoms with Crippen LogP contribution >= 0.6 is 0 Å². The number of aliphatic hydroxyl groups is 2. The summed E-state index contributed by atoms with van der Waals surface area (Å²) in [7, 11) is 0. The number of primary amides is 2. The molecule has 33 heavy (non-hydrogen) atoms. The lowest BCUT2D eigenvalue weighted by atomic mass is 10.0. The fraction of sp³-hybridized carbons (Fsp3) is 0.136. The molecule has 1 unspecified atom stereocenters. The van der Waals surface area contributed by atoms with Gasteiger partial charge in [0.15, 0.2) is 0 Å². The minimum Gasteiger partial charge on any atom is -0.457 e. The molecule has 172 valence electrons. The summed E-state index contributed by atoms with van der Waals surface area (Å²) in [5.74, 6) is -2.32. The maximum Gasteiger partial charge on any atom is 0.420 e. The van der Waals surface area contributed by atoms with Gasteiger partial charge in [-0.3, -0.25) is 9.59 Å². The second-order valence-electron chi connectivity index (χ2n) is 6.93. The van der Waals surface area contributed by atoms with Crippen molar-refractivity contribution in [2.45, 2.75) is 12.3 Å². The van der Waals surface area contributed by atoms with Gasteiger partial charge in [0, 0.05) is 11.1 Å². The van der Waals surface area contributed by atoms with Crippen LogP contribution < -0.4 is 16.2 Å². The summed E-state index contributed by atoms with van der Waals surface area (Å²) < 4.78 is 45.6. The maximum absolute atomic E-state index is 13.4. The molecule has 2 amide bonds. The number of pyridine rings is 1. The van der Waals surface area contributed by atoms with Gasteiger partial charge in [-0.1, -0.05) is 0 Å². The number of halogens is 3. The molecule has 3 rings (SSSR count). The van der Waals surface area contributed by atoms with Crippen molar-refractivity contribution in [1.82, 2.24) is 4.98 Å². The zero-order valence-electron chi connectivity index (χ0n) is 16.8. The van der Waals surface area contributed by atoms with E-state index in [4.69, 9.17) is 16.2 Å². The minimum absolute atomic E-state index is 0.0535. The summed E-state index contributed by atoms with van der Waals surface area (Å²) in [5, 5.41) is 19.1. The highest BCUT2D eigenvalue weighted by atomic mass is 19.4. The number of benzene rings is 2. The third-order valence-electron chi connectivity index (χ3n) is 4.61. The van der Waals surface area contributed by atoms with Gasteiger partial charge in [-0.25, -0.2) is 4.98 Å². The van der Waals surface area contributed by atoms with E-state index in [0.717, 1.165) is 12.1 Å². The van der Waals surface area contributed by atoms with Gasteiger partial charge < -0.3 is 26.4 Å². The van der Waals surface area contributed by atoms with E-state index in [0.29, 0.717) is 11.6 Å². The number of carbonyl (C=O) groups is 2. The van der Waals surface area contributed by atoms with Crippen LogP contribution in [-0.2, 0) is 6.18 Å². The highest BCUT2D eigenvalue weighted by molar-refractivity contribution is 5.93. The minimum atomic E-state index is -4.79. The standard InChI is InChI=1S/C22H18F3N3O5/c23-22(24,25)15-7-12(20(26)31)3-6-19(15)33-14-4-1-11(2-5-14)16-8-13(18(30)10-29)9-17(28-16)21(27)32/h1-9,18,29-30H,10H2,(H2,26,31)(H2,27,32). The Morgan fingerprint density at radius 1 is 1.00 bits per heavy atom. The van der Waals surface area contributed by atoms with Gasteiger partial charge in [-0.05, 0) is 60.2 Å². The number of alkyl halides is 3.